The van der Waals surface area contributed by atoms with Crippen molar-refractivity contribution in [3.05, 3.63) is 71.1 Å². The number of carbonyl (C=O) groups is 1. The zero-order valence-electron chi connectivity index (χ0n) is 12.2. The first-order chi connectivity index (χ1) is 11.5. The summed E-state index contributed by atoms with van der Waals surface area (Å²) in [6.07, 6.45) is 1.68. The minimum absolute atomic E-state index is 0.0612. The molecule has 3 rings (SSSR count). The number of hydrogen-bond donors (Lipinski definition) is 1. The van der Waals surface area contributed by atoms with E-state index in [0.717, 1.165) is 22.3 Å². The van der Waals surface area contributed by atoms with E-state index in [-0.39, 0.29) is 9.22 Å². The van der Waals surface area contributed by atoms with Crippen molar-refractivity contribution < 1.29 is 13.2 Å². The molecule has 5 nitrogen and oxygen atoms in total. The summed E-state index contributed by atoms with van der Waals surface area (Å²) in [5.74, 6) is -0.492. The summed E-state index contributed by atoms with van der Waals surface area (Å²) in [4.78, 5) is 15.1. The van der Waals surface area contributed by atoms with Crippen LogP contribution in [0, 0.1) is 0 Å². The number of thioether (sulfide) groups is 1. The van der Waals surface area contributed by atoms with E-state index >= 15 is 0 Å². The highest BCUT2D eigenvalue weighted by molar-refractivity contribution is 8.26. The van der Waals surface area contributed by atoms with Gasteiger partial charge in [-0.2, -0.15) is 0 Å². The number of sulfonamides is 1. The Morgan fingerprint density at radius 3 is 2.21 bits per heavy atom. The Bertz CT molecular complexity index is 910. The lowest BCUT2D eigenvalue weighted by molar-refractivity contribution is -0.123. The minimum atomic E-state index is -3.88. The Hall–Kier alpha value is -2.00. The molecule has 0 aliphatic carbocycles. The standard InChI is InChI=1S/C16H12N2O3S3/c19-15-14(11-12-7-3-1-4-8-12)23-16(22)18(15)17-24(20,21)13-9-5-2-6-10-13/h1-11,17H/b14-11+. The molecule has 122 valence electrons. The third-order valence-electron chi connectivity index (χ3n) is 3.16. The number of thiocarbonyl (C=S) groups is 1. The van der Waals surface area contributed by atoms with Crippen molar-refractivity contribution in [2.75, 3.05) is 0 Å². The van der Waals surface area contributed by atoms with Crippen molar-refractivity contribution in [3.8, 4) is 0 Å². The molecule has 1 aliphatic rings. The summed E-state index contributed by atoms with van der Waals surface area (Å²) >= 11 is 6.18. The molecule has 0 saturated carbocycles. The number of amides is 1. The van der Waals surface area contributed by atoms with Crippen molar-refractivity contribution >= 4 is 50.3 Å². The molecule has 8 heteroatoms. The molecule has 2 aromatic rings. The van der Waals surface area contributed by atoms with E-state index in [4.69, 9.17) is 12.2 Å². The van der Waals surface area contributed by atoms with Crippen LogP contribution in [-0.2, 0) is 14.8 Å². The van der Waals surface area contributed by atoms with Gasteiger partial charge in [0.2, 0.25) is 0 Å². The Labute approximate surface area is 149 Å². The number of nitrogens with one attached hydrogen (secondary N) is 1. The molecule has 1 fully saturated rings. The Kier molecular flexibility index (Phi) is 4.81. The Morgan fingerprint density at radius 1 is 1.00 bits per heavy atom. The van der Waals surface area contributed by atoms with E-state index in [1.165, 1.54) is 12.1 Å². The van der Waals surface area contributed by atoms with Gasteiger partial charge in [0, 0.05) is 0 Å². The van der Waals surface area contributed by atoms with Crippen LogP contribution < -0.4 is 4.83 Å². The third-order valence-corrected chi connectivity index (χ3v) is 5.77. The fraction of sp³-hybridized carbons (Fsp3) is 0. The van der Waals surface area contributed by atoms with Gasteiger partial charge in [0.25, 0.3) is 15.9 Å². The molecule has 1 heterocycles. The van der Waals surface area contributed by atoms with Gasteiger partial charge in [0.15, 0.2) is 4.32 Å². The van der Waals surface area contributed by atoms with Gasteiger partial charge in [0.05, 0.1) is 9.80 Å². The number of nitrogens with zero attached hydrogens (tertiary/aromatic N) is 1. The SMILES string of the molecule is O=C1/C(=C\c2ccccc2)SC(=S)N1NS(=O)(=O)c1ccccc1. The molecule has 0 atom stereocenters. The van der Waals surface area contributed by atoms with Crippen LogP contribution in [0.2, 0.25) is 0 Å². The Morgan fingerprint density at radius 2 is 1.58 bits per heavy atom. The van der Waals surface area contributed by atoms with Gasteiger partial charge in [-0.1, -0.05) is 72.5 Å². The van der Waals surface area contributed by atoms with E-state index in [1.807, 2.05) is 30.3 Å². The smallest absolute Gasteiger partial charge is 0.267 e. The first-order valence-corrected chi connectivity index (χ1v) is 9.59. The number of carbonyl (C=O) groups excluding carboxylic acids is 1. The molecule has 1 amide bonds. The fourth-order valence-corrected chi connectivity index (χ4v) is 4.35. The average Bonchev–Trinajstić information content (AvgIpc) is 2.84. The topological polar surface area (TPSA) is 66.5 Å². The van der Waals surface area contributed by atoms with Crippen molar-refractivity contribution in [2.45, 2.75) is 4.90 Å². The highest BCUT2D eigenvalue weighted by Gasteiger charge is 2.35. The molecule has 1 N–H and O–H groups in total. The molecule has 0 radical (unpaired) electrons. The monoisotopic (exact) mass is 376 g/mol. The average molecular weight is 376 g/mol. The third kappa shape index (κ3) is 3.57. The molecule has 1 aliphatic heterocycles. The number of hydrogen-bond acceptors (Lipinski definition) is 5. The Balaban J connectivity index is 1.84. The van der Waals surface area contributed by atoms with Crippen LogP contribution in [0.25, 0.3) is 6.08 Å². The lowest BCUT2D eigenvalue weighted by Crippen LogP contribution is -2.44. The van der Waals surface area contributed by atoms with Crippen molar-refractivity contribution in [2.24, 2.45) is 0 Å². The molecule has 2 aromatic carbocycles. The predicted octanol–water partition coefficient (Wildman–Crippen LogP) is 2.78. The lowest BCUT2D eigenvalue weighted by atomic mass is 10.2. The van der Waals surface area contributed by atoms with E-state index < -0.39 is 15.9 Å². The van der Waals surface area contributed by atoms with Crippen molar-refractivity contribution in [1.29, 1.82) is 0 Å². The van der Waals surface area contributed by atoms with Gasteiger partial charge in [-0.25, -0.2) is 13.4 Å². The van der Waals surface area contributed by atoms with E-state index in [1.54, 1.807) is 24.3 Å². The van der Waals surface area contributed by atoms with E-state index in [0.29, 0.717) is 4.91 Å². The van der Waals surface area contributed by atoms with Crippen LogP contribution in [0.1, 0.15) is 5.56 Å². The van der Waals surface area contributed by atoms with E-state index in [2.05, 4.69) is 4.83 Å². The molecular weight excluding hydrogens is 364 g/mol. The summed E-state index contributed by atoms with van der Waals surface area (Å²) in [6, 6.07) is 17.1. The van der Waals surface area contributed by atoms with Crippen LogP contribution in [0.15, 0.2) is 70.5 Å². The maximum Gasteiger partial charge on any atom is 0.281 e. The maximum absolute atomic E-state index is 12.5. The van der Waals surface area contributed by atoms with Crippen LogP contribution in [0.4, 0.5) is 0 Å². The van der Waals surface area contributed by atoms with Gasteiger partial charge in [0.1, 0.15) is 0 Å². The zero-order valence-corrected chi connectivity index (χ0v) is 14.7. The summed E-state index contributed by atoms with van der Waals surface area (Å²) in [5, 5.41) is 0.886. The van der Waals surface area contributed by atoms with Crippen LogP contribution in [0.5, 0.6) is 0 Å². The van der Waals surface area contributed by atoms with Crippen LogP contribution in [-0.4, -0.2) is 23.7 Å². The first-order valence-electron chi connectivity index (χ1n) is 6.88. The molecule has 1 saturated heterocycles. The molecule has 24 heavy (non-hydrogen) atoms. The molecular formula is C16H12N2O3S3. The van der Waals surface area contributed by atoms with Gasteiger partial charge >= 0.3 is 0 Å². The molecule has 0 aromatic heterocycles. The second-order valence-corrected chi connectivity index (χ2v) is 8.17. The van der Waals surface area contributed by atoms with E-state index in [9.17, 15) is 13.2 Å². The largest absolute Gasteiger partial charge is 0.281 e. The normalized spacial score (nSPS) is 16.8. The summed E-state index contributed by atoms with van der Waals surface area (Å²) in [5.41, 5.74) is 0.837. The molecule has 0 spiro atoms. The number of rotatable bonds is 4. The van der Waals surface area contributed by atoms with Crippen LogP contribution >= 0.6 is 24.0 Å². The van der Waals surface area contributed by atoms with Crippen molar-refractivity contribution in [3.63, 3.8) is 0 Å². The highest BCUT2D eigenvalue weighted by atomic mass is 32.2. The summed E-state index contributed by atoms with van der Waals surface area (Å²) in [6.45, 7) is 0. The lowest BCUT2D eigenvalue weighted by Gasteiger charge is -2.15. The fourth-order valence-electron chi connectivity index (χ4n) is 2.02. The minimum Gasteiger partial charge on any atom is -0.267 e. The molecule has 0 bridgehead atoms. The second-order valence-electron chi connectivity index (χ2n) is 4.84. The number of hydrazine groups is 1. The predicted molar refractivity (Wildman–Crippen MR) is 98.2 cm³/mol. The quantitative estimate of drug-likeness (QED) is 0.657. The number of benzene rings is 2. The highest BCUT2D eigenvalue weighted by Crippen LogP contribution is 2.31. The maximum atomic E-state index is 12.5. The summed E-state index contributed by atoms with van der Waals surface area (Å²) in [7, 11) is -3.88. The zero-order chi connectivity index (χ0) is 17.2. The van der Waals surface area contributed by atoms with Gasteiger partial charge in [-0.3, -0.25) is 4.79 Å². The summed E-state index contributed by atoms with van der Waals surface area (Å²) < 4.78 is 24.8. The van der Waals surface area contributed by atoms with Gasteiger partial charge in [-0.05, 0) is 23.8 Å². The van der Waals surface area contributed by atoms with Gasteiger partial charge in [-0.15, -0.1) is 4.83 Å². The first kappa shape index (κ1) is 16.8. The van der Waals surface area contributed by atoms with Gasteiger partial charge < -0.3 is 0 Å². The van der Waals surface area contributed by atoms with Crippen molar-refractivity contribution in [1.82, 2.24) is 9.84 Å². The molecule has 0 unspecified atom stereocenters. The van der Waals surface area contributed by atoms with Crippen LogP contribution in [0.3, 0.4) is 0 Å². The second kappa shape index (κ2) is 6.86.